The van der Waals surface area contributed by atoms with Gasteiger partial charge in [-0.25, -0.2) is 0 Å². The zero-order valence-electron chi connectivity index (χ0n) is 14.4. The molecule has 2 rings (SSSR count). The van der Waals surface area contributed by atoms with Crippen LogP contribution < -0.4 is 10.1 Å². The van der Waals surface area contributed by atoms with Gasteiger partial charge in [0, 0.05) is 18.7 Å². The lowest BCUT2D eigenvalue weighted by atomic mass is 10.1. The van der Waals surface area contributed by atoms with Crippen LogP contribution in [0.1, 0.15) is 15.9 Å². The van der Waals surface area contributed by atoms with E-state index < -0.39 is 27.1 Å². The fourth-order valence-electron chi connectivity index (χ4n) is 2.23. The van der Waals surface area contributed by atoms with Gasteiger partial charge in [-0.05, 0) is 17.7 Å². The van der Waals surface area contributed by atoms with E-state index in [-0.39, 0.29) is 18.7 Å². The Bertz CT molecular complexity index is 822. The summed E-state index contributed by atoms with van der Waals surface area (Å²) < 4.78 is 10.5. The summed E-state index contributed by atoms with van der Waals surface area (Å²) in [6.07, 6.45) is 0. The summed E-state index contributed by atoms with van der Waals surface area (Å²) in [5.41, 5.74) is -0.314. The molecule has 10 nitrogen and oxygen atoms in total. The molecule has 0 aliphatic heterocycles. The molecule has 0 heterocycles. The van der Waals surface area contributed by atoms with Crippen molar-refractivity contribution in [1.82, 2.24) is 5.32 Å². The molecule has 0 aliphatic carbocycles. The average molecular weight is 375 g/mol. The predicted molar refractivity (Wildman–Crippen MR) is 94.7 cm³/mol. The van der Waals surface area contributed by atoms with Gasteiger partial charge in [-0.2, -0.15) is 0 Å². The highest BCUT2D eigenvalue weighted by Crippen LogP contribution is 2.22. The van der Waals surface area contributed by atoms with Crippen LogP contribution in [0.25, 0.3) is 0 Å². The smallest absolute Gasteiger partial charge is 0.277 e. The van der Waals surface area contributed by atoms with Gasteiger partial charge >= 0.3 is 0 Å². The van der Waals surface area contributed by atoms with Gasteiger partial charge in [0.25, 0.3) is 17.3 Å². The summed E-state index contributed by atoms with van der Waals surface area (Å²) in [6, 6.07) is 10.1. The van der Waals surface area contributed by atoms with Crippen molar-refractivity contribution in [2.24, 2.45) is 0 Å². The van der Waals surface area contributed by atoms with Crippen molar-refractivity contribution in [3.8, 4) is 5.75 Å². The Kier molecular flexibility index (Phi) is 6.78. The second-order valence-corrected chi connectivity index (χ2v) is 5.41. The van der Waals surface area contributed by atoms with Gasteiger partial charge in [-0.15, -0.1) is 0 Å². The number of hydrogen-bond donors (Lipinski definition) is 1. The van der Waals surface area contributed by atoms with Crippen LogP contribution in [-0.4, -0.2) is 36.0 Å². The van der Waals surface area contributed by atoms with E-state index in [9.17, 15) is 25.0 Å². The van der Waals surface area contributed by atoms with E-state index in [0.717, 1.165) is 23.8 Å². The number of amides is 1. The number of nitrogens with zero attached hydrogens (tertiary/aromatic N) is 2. The Morgan fingerprint density at radius 3 is 2.33 bits per heavy atom. The second-order valence-electron chi connectivity index (χ2n) is 5.41. The number of nitro groups is 2. The summed E-state index contributed by atoms with van der Waals surface area (Å²) in [7, 11) is 1.56. The number of non-ortho nitro benzene ring substituents is 2. The van der Waals surface area contributed by atoms with Gasteiger partial charge in [-0.1, -0.05) is 12.1 Å². The molecule has 0 aromatic heterocycles. The Hall–Kier alpha value is -3.53. The van der Waals surface area contributed by atoms with Crippen LogP contribution in [0.5, 0.6) is 5.75 Å². The maximum absolute atomic E-state index is 12.1. The Balaban J connectivity index is 1.88. The van der Waals surface area contributed by atoms with E-state index in [1.54, 1.807) is 7.11 Å². The average Bonchev–Trinajstić information content (AvgIpc) is 2.67. The predicted octanol–water partition coefficient (Wildman–Crippen LogP) is 2.46. The van der Waals surface area contributed by atoms with Gasteiger partial charge in [0.05, 0.1) is 41.8 Å². The second kappa shape index (κ2) is 9.25. The lowest BCUT2D eigenvalue weighted by Gasteiger charge is -2.08. The normalized spacial score (nSPS) is 10.3. The van der Waals surface area contributed by atoms with Crippen molar-refractivity contribution in [2.75, 3.05) is 20.3 Å². The number of carbonyl (C=O) groups is 1. The monoisotopic (exact) mass is 375 g/mol. The van der Waals surface area contributed by atoms with Gasteiger partial charge in [0.15, 0.2) is 0 Å². The third kappa shape index (κ3) is 5.75. The van der Waals surface area contributed by atoms with E-state index >= 15 is 0 Å². The fourth-order valence-corrected chi connectivity index (χ4v) is 2.23. The molecule has 142 valence electrons. The van der Waals surface area contributed by atoms with Crippen LogP contribution >= 0.6 is 0 Å². The summed E-state index contributed by atoms with van der Waals surface area (Å²) in [4.78, 5) is 32.2. The Labute approximate surface area is 154 Å². The highest BCUT2D eigenvalue weighted by Gasteiger charge is 2.19. The SMILES string of the molecule is COc1cccc(COCCNC(=O)c2cc([N+](=O)[O-])cc([N+](=O)[O-])c2)c1. The van der Waals surface area contributed by atoms with Gasteiger partial charge < -0.3 is 14.8 Å². The number of ether oxygens (including phenoxy) is 2. The van der Waals surface area contributed by atoms with Crippen LogP contribution in [-0.2, 0) is 11.3 Å². The number of nitrogens with one attached hydrogen (secondary N) is 1. The first kappa shape index (κ1) is 19.8. The number of benzene rings is 2. The largest absolute Gasteiger partial charge is 0.497 e. The van der Waals surface area contributed by atoms with Gasteiger partial charge in [0.1, 0.15) is 5.75 Å². The van der Waals surface area contributed by atoms with Crippen LogP contribution in [0.3, 0.4) is 0 Å². The van der Waals surface area contributed by atoms with Crippen LogP contribution in [0.4, 0.5) is 11.4 Å². The van der Waals surface area contributed by atoms with Crippen LogP contribution in [0.2, 0.25) is 0 Å². The standard InChI is InChI=1S/C17H17N3O7/c1-26-16-4-2-3-12(7-16)11-27-6-5-18-17(21)13-8-14(19(22)23)10-15(9-13)20(24)25/h2-4,7-10H,5-6,11H2,1H3,(H,18,21). The lowest BCUT2D eigenvalue weighted by molar-refractivity contribution is -0.394. The molecule has 10 heteroatoms. The van der Waals surface area contributed by atoms with Crippen LogP contribution in [0, 0.1) is 20.2 Å². The molecule has 0 radical (unpaired) electrons. The first-order valence-electron chi connectivity index (χ1n) is 7.83. The summed E-state index contributed by atoms with van der Waals surface area (Å²) in [6.45, 7) is 0.647. The van der Waals surface area contributed by atoms with Crippen molar-refractivity contribution in [3.05, 3.63) is 73.8 Å². The molecule has 0 fully saturated rings. The van der Waals surface area contributed by atoms with Crippen molar-refractivity contribution in [1.29, 1.82) is 0 Å². The highest BCUT2D eigenvalue weighted by atomic mass is 16.6. The fraction of sp³-hybridized carbons (Fsp3) is 0.235. The molecular weight excluding hydrogens is 358 g/mol. The highest BCUT2D eigenvalue weighted by molar-refractivity contribution is 5.95. The molecule has 0 spiro atoms. The topological polar surface area (TPSA) is 134 Å². The number of carbonyl (C=O) groups excluding carboxylic acids is 1. The number of hydrogen-bond acceptors (Lipinski definition) is 7. The minimum absolute atomic E-state index is 0.138. The third-order valence-electron chi connectivity index (χ3n) is 3.52. The lowest BCUT2D eigenvalue weighted by Crippen LogP contribution is -2.27. The Morgan fingerprint density at radius 2 is 1.74 bits per heavy atom. The Morgan fingerprint density at radius 1 is 1.07 bits per heavy atom. The maximum Gasteiger partial charge on any atom is 0.277 e. The molecule has 0 bridgehead atoms. The van der Waals surface area contributed by atoms with Crippen molar-refractivity contribution in [2.45, 2.75) is 6.61 Å². The van der Waals surface area contributed by atoms with Gasteiger partial charge in [-0.3, -0.25) is 25.0 Å². The molecule has 27 heavy (non-hydrogen) atoms. The number of nitro benzene ring substituents is 2. The van der Waals surface area contributed by atoms with Crippen molar-refractivity contribution < 1.29 is 24.1 Å². The van der Waals surface area contributed by atoms with Crippen LogP contribution in [0.15, 0.2) is 42.5 Å². The molecular formula is C17H17N3O7. The zero-order chi connectivity index (χ0) is 19.8. The maximum atomic E-state index is 12.1. The molecule has 0 unspecified atom stereocenters. The molecule has 2 aromatic rings. The molecule has 0 atom stereocenters. The number of rotatable bonds is 9. The molecule has 0 aliphatic rings. The molecule has 2 aromatic carbocycles. The van der Waals surface area contributed by atoms with E-state index in [2.05, 4.69) is 5.32 Å². The van der Waals surface area contributed by atoms with E-state index in [1.165, 1.54) is 0 Å². The number of methoxy groups -OCH3 is 1. The molecule has 1 amide bonds. The van der Waals surface area contributed by atoms with E-state index in [4.69, 9.17) is 9.47 Å². The summed E-state index contributed by atoms with van der Waals surface area (Å²) >= 11 is 0. The van der Waals surface area contributed by atoms with E-state index in [1.807, 2.05) is 24.3 Å². The van der Waals surface area contributed by atoms with Crippen molar-refractivity contribution in [3.63, 3.8) is 0 Å². The zero-order valence-corrected chi connectivity index (χ0v) is 14.4. The minimum Gasteiger partial charge on any atom is -0.497 e. The third-order valence-corrected chi connectivity index (χ3v) is 3.52. The first-order chi connectivity index (χ1) is 12.9. The molecule has 1 N–H and O–H groups in total. The quantitative estimate of drug-likeness (QED) is 0.404. The molecule has 0 saturated heterocycles. The van der Waals surface area contributed by atoms with Gasteiger partial charge in [0.2, 0.25) is 0 Å². The van der Waals surface area contributed by atoms with Crippen molar-refractivity contribution >= 4 is 17.3 Å². The first-order valence-corrected chi connectivity index (χ1v) is 7.83. The molecule has 0 saturated carbocycles. The summed E-state index contributed by atoms with van der Waals surface area (Å²) in [5.74, 6) is 0.0449. The summed E-state index contributed by atoms with van der Waals surface area (Å²) in [5, 5.41) is 24.2. The minimum atomic E-state index is -0.791. The van der Waals surface area contributed by atoms with E-state index in [0.29, 0.717) is 12.4 Å².